The Balaban J connectivity index is 1.99. The Morgan fingerprint density at radius 2 is 1.64 bits per heavy atom. The average Bonchev–Trinajstić information content (AvgIpc) is 2.77. The van der Waals surface area contributed by atoms with Gasteiger partial charge in [0.25, 0.3) is 5.91 Å². The van der Waals surface area contributed by atoms with E-state index < -0.39 is 29.7 Å². The Bertz CT molecular complexity index is 987. The number of benzene rings is 2. The topological polar surface area (TPSA) is 83.1 Å². The number of esters is 1. The number of hydrogen-bond acceptors (Lipinski definition) is 6. The zero-order chi connectivity index (χ0) is 24.8. The van der Waals surface area contributed by atoms with Crippen molar-refractivity contribution >= 4 is 29.2 Å². The summed E-state index contributed by atoms with van der Waals surface area (Å²) in [6.07, 6.45) is -5.68. The fraction of sp³-hybridized carbons (Fsp3) is 0.364. The molecule has 33 heavy (non-hydrogen) atoms. The van der Waals surface area contributed by atoms with Crippen molar-refractivity contribution in [2.24, 2.45) is 0 Å². The molecule has 0 heterocycles. The summed E-state index contributed by atoms with van der Waals surface area (Å²) >= 11 is 5.87. The number of ether oxygens (including phenoxy) is 4. The number of carbonyl (C=O) groups excluding carboxylic acids is 2. The van der Waals surface area contributed by atoms with Crippen LogP contribution in [0.4, 0.5) is 18.9 Å². The SMILES string of the molecule is COc1cc(CCC(=O)O[C@@H](C)C(=O)Nc2cc(C(F)(F)F)ccc2Cl)cc(OC)c1OC. The number of anilines is 1. The number of aryl methyl sites for hydroxylation is 1. The lowest BCUT2D eigenvalue weighted by Crippen LogP contribution is -2.30. The molecule has 0 saturated heterocycles. The predicted molar refractivity (Wildman–Crippen MR) is 115 cm³/mol. The van der Waals surface area contributed by atoms with E-state index in [1.165, 1.54) is 28.3 Å². The summed E-state index contributed by atoms with van der Waals surface area (Å²) in [5.41, 5.74) is -0.511. The fourth-order valence-electron chi connectivity index (χ4n) is 2.87. The van der Waals surface area contributed by atoms with Crippen LogP contribution in [-0.2, 0) is 26.9 Å². The Morgan fingerprint density at radius 1 is 1.03 bits per heavy atom. The van der Waals surface area contributed by atoms with Crippen molar-refractivity contribution in [1.29, 1.82) is 0 Å². The van der Waals surface area contributed by atoms with Gasteiger partial charge < -0.3 is 24.3 Å². The maximum Gasteiger partial charge on any atom is 0.416 e. The molecule has 1 N–H and O–H groups in total. The van der Waals surface area contributed by atoms with Crippen molar-refractivity contribution in [2.75, 3.05) is 26.6 Å². The fourth-order valence-corrected chi connectivity index (χ4v) is 3.03. The van der Waals surface area contributed by atoms with Crippen LogP contribution in [0.3, 0.4) is 0 Å². The lowest BCUT2D eigenvalue weighted by Gasteiger charge is -2.16. The Morgan fingerprint density at radius 3 is 2.15 bits per heavy atom. The molecule has 0 fully saturated rings. The highest BCUT2D eigenvalue weighted by atomic mass is 35.5. The summed E-state index contributed by atoms with van der Waals surface area (Å²) in [5, 5.41) is 2.16. The smallest absolute Gasteiger partial charge is 0.416 e. The van der Waals surface area contributed by atoms with Gasteiger partial charge in [-0.25, -0.2) is 0 Å². The number of methoxy groups -OCH3 is 3. The van der Waals surface area contributed by atoms with Crippen LogP contribution >= 0.6 is 11.6 Å². The maximum atomic E-state index is 12.9. The first-order chi connectivity index (χ1) is 15.5. The van der Waals surface area contributed by atoms with E-state index in [0.29, 0.717) is 28.9 Å². The third kappa shape index (κ3) is 6.92. The van der Waals surface area contributed by atoms with Gasteiger partial charge in [-0.15, -0.1) is 0 Å². The molecule has 2 rings (SSSR count). The number of halogens is 4. The van der Waals surface area contributed by atoms with E-state index in [9.17, 15) is 22.8 Å². The van der Waals surface area contributed by atoms with Crippen molar-refractivity contribution < 1.29 is 41.7 Å². The van der Waals surface area contributed by atoms with Crippen LogP contribution in [0, 0.1) is 0 Å². The third-order valence-corrected chi connectivity index (χ3v) is 4.90. The van der Waals surface area contributed by atoms with E-state index in [1.54, 1.807) is 12.1 Å². The van der Waals surface area contributed by atoms with Gasteiger partial charge in [-0.3, -0.25) is 9.59 Å². The van der Waals surface area contributed by atoms with E-state index in [-0.39, 0.29) is 23.6 Å². The van der Waals surface area contributed by atoms with Crippen LogP contribution in [0.1, 0.15) is 24.5 Å². The molecular formula is C22H23ClF3NO6. The van der Waals surface area contributed by atoms with Crippen molar-refractivity contribution in [3.8, 4) is 17.2 Å². The highest BCUT2D eigenvalue weighted by Crippen LogP contribution is 2.38. The van der Waals surface area contributed by atoms with E-state index >= 15 is 0 Å². The third-order valence-electron chi connectivity index (χ3n) is 4.57. The number of rotatable bonds is 9. The van der Waals surface area contributed by atoms with E-state index in [0.717, 1.165) is 12.1 Å². The first-order valence-corrected chi connectivity index (χ1v) is 10.0. The molecule has 0 radical (unpaired) electrons. The van der Waals surface area contributed by atoms with Crippen LogP contribution in [0.25, 0.3) is 0 Å². The molecule has 0 bridgehead atoms. The van der Waals surface area contributed by atoms with Gasteiger partial charge in [0.1, 0.15) is 0 Å². The Labute approximate surface area is 193 Å². The highest BCUT2D eigenvalue weighted by Gasteiger charge is 2.31. The quantitative estimate of drug-likeness (QED) is 0.505. The number of hydrogen-bond donors (Lipinski definition) is 1. The molecule has 1 atom stereocenters. The summed E-state index contributed by atoms with van der Waals surface area (Å²) < 4.78 is 59.5. The van der Waals surface area contributed by atoms with Gasteiger partial charge in [0.15, 0.2) is 17.6 Å². The van der Waals surface area contributed by atoms with Crippen molar-refractivity contribution in [3.05, 3.63) is 46.5 Å². The van der Waals surface area contributed by atoms with Gasteiger partial charge in [-0.1, -0.05) is 11.6 Å². The Kier molecular flexibility index (Phi) is 8.81. The molecule has 11 heteroatoms. The first-order valence-electron chi connectivity index (χ1n) is 9.66. The minimum absolute atomic E-state index is 0.0689. The molecule has 0 aromatic heterocycles. The first kappa shape index (κ1) is 26.1. The zero-order valence-corrected chi connectivity index (χ0v) is 19.1. The summed E-state index contributed by atoms with van der Waals surface area (Å²) in [4.78, 5) is 24.5. The maximum absolute atomic E-state index is 12.9. The molecule has 0 saturated carbocycles. The second-order valence-electron chi connectivity index (χ2n) is 6.85. The molecule has 2 aromatic carbocycles. The van der Waals surface area contributed by atoms with Gasteiger partial charge in [0.05, 0.1) is 37.6 Å². The largest absolute Gasteiger partial charge is 0.493 e. The molecule has 2 aromatic rings. The summed E-state index contributed by atoms with van der Waals surface area (Å²) in [6.45, 7) is 1.30. The van der Waals surface area contributed by atoms with Crippen LogP contribution in [-0.4, -0.2) is 39.3 Å². The van der Waals surface area contributed by atoms with Crippen molar-refractivity contribution in [2.45, 2.75) is 32.0 Å². The molecular weight excluding hydrogens is 467 g/mol. The lowest BCUT2D eigenvalue weighted by molar-refractivity contribution is -0.153. The normalized spacial score (nSPS) is 12.0. The Hall–Kier alpha value is -3.14. The second-order valence-corrected chi connectivity index (χ2v) is 7.25. The molecule has 0 aliphatic rings. The molecule has 0 unspecified atom stereocenters. The van der Waals surface area contributed by atoms with Crippen LogP contribution < -0.4 is 19.5 Å². The summed E-state index contributed by atoms with van der Waals surface area (Å²) in [6, 6.07) is 5.89. The minimum atomic E-state index is -4.60. The number of amides is 1. The molecule has 0 aliphatic heterocycles. The monoisotopic (exact) mass is 489 g/mol. The summed E-state index contributed by atoms with van der Waals surface area (Å²) in [7, 11) is 4.40. The standard InChI is InChI=1S/C22H23ClF3NO6/c1-12(21(29)27-16-11-14(22(24,25)26)6-7-15(16)23)33-19(28)8-5-13-9-17(30-2)20(32-4)18(10-13)31-3/h6-7,9-12H,5,8H2,1-4H3,(H,27,29)/t12-/m0/s1. The number of carbonyl (C=O) groups is 2. The van der Waals surface area contributed by atoms with Crippen LogP contribution in [0.2, 0.25) is 5.02 Å². The van der Waals surface area contributed by atoms with Crippen molar-refractivity contribution in [1.82, 2.24) is 0 Å². The zero-order valence-electron chi connectivity index (χ0n) is 18.3. The minimum Gasteiger partial charge on any atom is -0.493 e. The van der Waals surface area contributed by atoms with Gasteiger partial charge in [0.2, 0.25) is 5.75 Å². The van der Waals surface area contributed by atoms with E-state index in [2.05, 4.69) is 5.32 Å². The highest BCUT2D eigenvalue weighted by molar-refractivity contribution is 6.33. The number of alkyl halides is 3. The van der Waals surface area contributed by atoms with Gasteiger partial charge in [0, 0.05) is 6.42 Å². The van der Waals surface area contributed by atoms with E-state index in [4.69, 9.17) is 30.5 Å². The average molecular weight is 490 g/mol. The van der Waals surface area contributed by atoms with Crippen LogP contribution in [0.15, 0.2) is 30.3 Å². The molecule has 7 nitrogen and oxygen atoms in total. The predicted octanol–water partition coefficient (Wildman–Crippen LogP) is 4.89. The molecule has 1 amide bonds. The van der Waals surface area contributed by atoms with Crippen molar-refractivity contribution in [3.63, 3.8) is 0 Å². The molecule has 0 spiro atoms. The lowest BCUT2D eigenvalue weighted by atomic mass is 10.1. The number of nitrogens with one attached hydrogen (secondary N) is 1. The van der Waals surface area contributed by atoms with Gasteiger partial charge in [-0.2, -0.15) is 13.2 Å². The van der Waals surface area contributed by atoms with Gasteiger partial charge >= 0.3 is 12.1 Å². The second kappa shape index (κ2) is 11.1. The summed E-state index contributed by atoms with van der Waals surface area (Å²) in [5.74, 6) is -0.249. The molecule has 0 aliphatic carbocycles. The van der Waals surface area contributed by atoms with Gasteiger partial charge in [-0.05, 0) is 49.2 Å². The molecule has 180 valence electrons. The van der Waals surface area contributed by atoms with Crippen LogP contribution in [0.5, 0.6) is 17.2 Å². The van der Waals surface area contributed by atoms with E-state index in [1.807, 2.05) is 0 Å².